The number of carbonyl (C=O) groups is 1. The van der Waals surface area contributed by atoms with E-state index < -0.39 is 9.84 Å². The van der Waals surface area contributed by atoms with Gasteiger partial charge in [0.1, 0.15) is 0 Å². The molecule has 0 aliphatic carbocycles. The first-order valence-electron chi connectivity index (χ1n) is 9.14. The number of likely N-dealkylation sites (tertiary alicyclic amines) is 1. The van der Waals surface area contributed by atoms with Crippen LogP contribution in [0.4, 0.5) is 0 Å². The molecule has 6 heteroatoms. The Kier molecular flexibility index (Phi) is 6.29. The number of benzene rings is 2. The molecule has 0 radical (unpaired) electrons. The lowest BCUT2D eigenvalue weighted by atomic mass is 9.97. The number of piperidine rings is 1. The van der Waals surface area contributed by atoms with Crippen LogP contribution in [-0.2, 0) is 21.2 Å². The summed E-state index contributed by atoms with van der Waals surface area (Å²) in [7, 11) is -3.25. The van der Waals surface area contributed by atoms with Crippen LogP contribution >= 0.6 is 0 Å². The molecule has 0 aromatic heterocycles. The van der Waals surface area contributed by atoms with Gasteiger partial charge in [-0.25, -0.2) is 8.42 Å². The highest BCUT2D eigenvalue weighted by Crippen LogP contribution is 2.20. The van der Waals surface area contributed by atoms with Gasteiger partial charge in [-0.1, -0.05) is 30.3 Å². The van der Waals surface area contributed by atoms with E-state index in [-0.39, 0.29) is 10.8 Å². The lowest BCUT2D eigenvalue weighted by Crippen LogP contribution is -2.39. The van der Waals surface area contributed by atoms with Gasteiger partial charge in [-0.3, -0.25) is 4.79 Å². The summed E-state index contributed by atoms with van der Waals surface area (Å²) in [5.41, 5.74) is 1.70. The largest absolute Gasteiger partial charge is 0.376 e. The molecule has 144 valence electrons. The highest BCUT2D eigenvalue weighted by atomic mass is 32.2. The second kappa shape index (κ2) is 8.67. The Balaban J connectivity index is 1.46. The summed E-state index contributed by atoms with van der Waals surface area (Å²) in [4.78, 5) is 14.7. The number of nitrogens with zero attached hydrogens (tertiary/aromatic N) is 1. The minimum Gasteiger partial charge on any atom is -0.376 e. The van der Waals surface area contributed by atoms with Crippen LogP contribution in [-0.4, -0.2) is 45.2 Å². The topological polar surface area (TPSA) is 63.7 Å². The van der Waals surface area contributed by atoms with Crippen molar-refractivity contribution in [3.8, 4) is 0 Å². The van der Waals surface area contributed by atoms with E-state index in [0.717, 1.165) is 19.1 Å². The van der Waals surface area contributed by atoms with Crippen molar-refractivity contribution >= 4 is 15.7 Å². The van der Waals surface area contributed by atoms with Crippen molar-refractivity contribution in [1.29, 1.82) is 0 Å². The van der Waals surface area contributed by atoms with Crippen molar-refractivity contribution in [2.75, 3.05) is 26.0 Å². The van der Waals surface area contributed by atoms with Gasteiger partial charge < -0.3 is 9.64 Å². The molecule has 0 unspecified atom stereocenters. The molecule has 3 rings (SSSR count). The molecule has 1 fully saturated rings. The Bertz CT molecular complexity index is 855. The molecular formula is C21H25NO4S. The van der Waals surface area contributed by atoms with Crippen LogP contribution in [0.5, 0.6) is 0 Å². The third-order valence-corrected chi connectivity index (χ3v) is 6.02. The Labute approximate surface area is 160 Å². The van der Waals surface area contributed by atoms with Crippen LogP contribution in [0.2, 0.25) is 0 Å². The number of ether oxygens (including phenoxy) is 1. The average Bonchev–Trinajstić information content (AvgIpc) is 2.68. The molecule has 5 nitrogen and oxygen atoms in total. The Morgan fingerprint density at radius 1 is 1.04 bits per heavy atom. The normalized spacial score (nSPS) is 15.7. The summed E-state index contributed by atoms with van der Waals surface area (Å²) >= 11 is 0. The molecule has 1 saturated heterocycles. The summed E-state index contributed by atoms with van der Waals surface area (Å²) in [5, 5.41) is 0. The van der Waals surface area contributed by atoms with Gasteiger partial charge in [0, 0.05) is 31.5 Å². The second-order valence-corrected chi connectivity index (χ2v) is 9.05. The molecule has 27 heavy (non-hydrogen) atoms. The predicted octanol–water partition coefficient (Wildman–Crippen LogP) is 3.16. The molecular weight excluding hydrogens is 362 g/mol. The lowest BCUT2D eigenvalue weighted by molar-refractivity contribution is 0.0478. The minimum absolute atomic E-state index is 0.0429. The molecule has 0 spiro atoms. The van der Waals surface area contributed by atoms with Crippen molar-refractivity contribution < 1.29 is 17.9 Å². The highest BCUT2D eigenvalue weighted by Gasteiger charge is 2.24. The third kappa shape index (κ3) is 5.40. The van der Waals surface area contributed by atoms with Crippen molar-refractivity contribution in [1.82, 2.24) is 4.90 Å². The van der Waals surface area contributed by atoms with Gasteiger partial charge in [0.05, 0.1) is 11.5 Å². The van der Waals surface area contributed by atoms with E-state index in [1.165, 1.54) is 17.7 Å². The van der Waals surface area contributed by atoms with E-state index in [4.69, 9.17) is 4.74 Å². The number of rotatable bonds is 6. The molecule has 1 heterocycles. The molecule has 0 atom stereocenters. The fourth-order valence-electron chi connectivity index (χ4n) is 3.25. The smallest absolute Gasteiger partial charge is 0.253 e. The summed E-state index contributed by atoms with van der Waals surface area (Å²) in [6, 6.07) is 16.3. The van der Waals surface area contributed by atoms with Crippen LogP contribution in [0.1, 0.15) is 28.8 Å². The zero-order chi connectivity index (χ0) is 19.3. The van der Waals surface area contributed by atoms with Crippen molar-refractivity contribution in [3.63, 3.8) is 0 Å². The fourth-order valence-corrected chi connectivity index (χ4v) is 3.88. The van der Waals surface area contributed by atoms with E-state index >= 15 is 0 Å². The summed E-state index contributed by atoms with van der Waals surface area (Å²) < 4.78 is 28.9. The van der Waals surface area contributed by atoms with Gasteiger partial charge in [-0.15, -0.1) is 0 Å². The standard InChI is InChI=1S/C21H25NO4S/c1-27(24,25)20-9-7-19(8-10-20)21(23)22-13-11-18(12-14-22)16-26-15-17-5-3-2-4-6-17/h2-10,18H,11-16H2,1H3. The van der Waals surface area contributed by atoms with Gasteiger partial charge in [0.25, 0.3) is 5.91 Å². The first kappa shape index (κ1) is 19.6. The maximum absolute atomic E-state index is 12.6. The van der Waals surface area contributed by atoms with Gasteiger partial charge in [-0.2, -0.15) is 0 Å². The number of hydrogen-bond donors (Lipinski definition) is 0. The van der Waals surface area contributed by atoms with Crippen molar-refractivity contribution in [3.05, 3.63) is 65.7 Å². The van der Waals surface area contributed by atoms with E-state index in [0.29, 0.717) is 37.8 Å². The monoisotopic (exact) mass is 387 g/mol. The number of carbonyl (C=O) groups excluding carboxylic acids is 1. The first-order valence-corrected chi connectivity index (χ1v) is 11.0. The van der Waals surface area contributed by atoms with Crippen LogP contribution < -0.4 is 0 Å². The molecule has 2 aromatic carbocycles. The molecule has 1 aliphatic heterocycles. The predicted molar refractivity (Wildman–Crippen MR) is 104 cm³/mol. The minimum atomic E-state index is -3.25. The van der Waals surface area contributed by atoms with Crippen LogP contribution in [0, 0.1) is 5.92 Å². The van der Waals surface area contributed by atoms with E-state index in [1.807, 2.05) is 23.1 Å². The van der Waals surface area contributed by atoms with Gasteiger partial charge in [-0.05, 0) is 48.6 Å². The second-order valence-electron chi connectivity index (χ2n) is 7.03. The lowest BCUT2D eigenvalue weighted by Gasteiger charge is -2.32. The zero-order valence-electron chi connectivity index (χ0n) is 15.5. The number of hydrogen-bond acceptors (Lipinski definition) is 4. The van der Waals surface area contributed by atoms with E-state index in [9.17, 15) is 13.2 Å². The molecule has 1 aliphatic rings. The summed E-state index contributed by atoms with van der Waals surface area (Å²) in [6.45, 7) is 2.73. The quantitative estimate of drug-likeness (QED) is 0.764. The summed E-state index contributed by atoms with van der Waals surface area (Å²) in [6.07, 6.45) is 3.00. The molecule has 0 bridgehead atoms. The summed E-state index contributed by atoms with van der Waals surface area (Å²) in [5.74, 6) is 0.420. The molecule has 0 saturated carbocycles. The Morgan fingerprint density at radius 2 is 1.67 bits per heavy atom. The maximum atomic E-state index is 12.6. The maximum Gasteiger partial charge on any atom is 0.253 e. The Morgan fingerprint density at radius 3 is 2.26 bits per heavy atom. The third-order valence-electron chi connectivity index (χ3n) is 4.90. The van der Waals surface area contributed by atoms with Gasteiger partial charge >= 0.3 is 0 Å². The molecule has 0 N–H and O–H groups in total. The first-order chi connectivity index (χ1) is 12.9. The zero-order valence-corrected chi connectivity index (χ0v) is 16.3. The van der Waals surface area contributed by atoms with E-state index in [2.05, 4.69) is 12.1 Å². The van der Waals surface area contributed by atoms with Crippen LogP contribution in [0.25, 0.3) is 0 Å². The average molecular weight is 388 g/mol. The molecule has 2 aromatic rings. The SMILES string of the molecule is CS(=O)(=O)c1ccc(C(=O)N2CCC(COCc3ccccc3)CC2)cc1. The number of sulfone groups is 1. The van der Waals surface area contributed by atoms with E-state index in [1.54, 1.807) is 12.1 Å². The molecule has 1 amide bonds. The number of amides is 1. The van der Waals surface area contributed by atoms with Crippen molar-refractivity contribution in [2.24, 2.45) is 5.92 Å². The van der Waals surface area contributed by atoms with Crippen molar-refractivity contribution in [2.45, 2.75) is 24.3 Å². The highest BCUT2D eigenvalue weighted by molar-refractivity contribution is 7.90. The Hall–Kier alpha value is -2.18. The van der Waals surface area contributed by atoms with Gasteiger partial charge in [0.2, 0.25) is 0 Å². The fraction of sp³-hybridized carbons (Fsp3) is 0.381. The van der Waals surface area contributed by atoms with Gasteiger partial charge in [0.15, 0.2) is 9.84 Å². The van der Waals surface area contributed by atoms with Crippen LogP contribution in [0.15, 0.2) is 59.5 Å². The van der Waals surface area contributed by atoms with Crippen LogP contribution in [0.3, 0.4) is 0 Å².